The van der Waals surface area contributed by atoms with E-state index in [4.69, 9.17) is 23.2 Å². The summed E-state index contributed by atoms with van der Waals surface area (Å²) in [4.78, 5) is 8.17. The maximum atomic E-state index is 14.2. The van der Waals surface area contributed by atoms with Gasteiger partial charge in [-0.3, -0.25) is 0 Å². The molecule has 0 aliphatic heterocycles. The largest absolute Gasteiger partial charge is 0.228 e. The van der Waals surface area contributed by atoms with E-state index in [1.807, 2.05) is 0 Å². The highest BCUT2D eigenvalue weighted by molar-refractivity contribution is 6.35. The average Bonchev–Trinajstić information content (AvgIpc) is 2.44. The van der Waals surface area contributed by atoms with Crippen LogP contribution in [0.5, 0.6) is 0 Å². The minimum atomic E-state index is -0.734. The lowest BCUT2D eigenvalue weighted by molar-refractivity contribution is 0.582. The van der Waals surface area contributed by atoms with Gasteiger partial charge in [-0.05, 0) is 36.8 Å². The molecule has 0 fully saturated rings. The lowest BCUT2D eigenvalue weighted by Gasteiger charge is -2.08. The van der Waals surface area contributed by atoms with E-state index in [0.29, 0.717) is 21.5 Å². The molecule has 0 spiro atoms. The van der Waals surface area contributed by atoms with Crippen LogP contribution >= 0.6 is 23.2 Å². The molecule has 1 aromatic heterocycles. The average molecular weight is 325 g/mol. The summed E-state index contributed by atoms with van der Waals surface area (Å²) >= 11 is 12.0. The molecular formula is C15H8Cl2F2N2. The zero-order valence-corrected chi connectivity index (χ0v) is 12.3. The molecule has 0 saturated heterocycles. The van der Waals surface area contributed by atoms with Gasteiger partial charge in [-0.1, -0.05) is 29.3 Å². The highest BCUT2D eigenvalue weighted by Crippen LogP contribution is 2.30. The van der Waals surface area contributed by atoms with E-state index in [2.05, 4.69) is 9.97 Å². The highest BCUT2D eigenvalue weighted by atomic mass is 35.5. The van der Waals surface area contributed by atoms with Crippen LogP contribution in [0.3, 0.4) is 0 Å². The van der Waals surface area contributed by atoms with Crippen molar-refractivity contribution in [2.24, 2.45) is 0 Å². The van der Waals surface area contributed by atoms with Gasteiger partial charge in [0.2, 0.25) is 0 Å². The van der Waals surface area contributed by atoms with Gasteiger partial charge < -0.3 is 0 Å². The summed E-state index contributed by atoms with van der Waals surface area (Å²) in [5.74, 6) is -1.52. The van der Waals surface area contributed by atoms with Crippen molar-refractivity contribution in [3.63, 3.8) is 0 Å². The van der Waals surface area contributed by atoms with Crippen molar-refractivity contribution in [1.82, 2.24) is 9.97 Å². The lowest BCUT2D eigenvalue weighted by atomic mass is 10.1. The Balaban J connectivity index is 2.32. The number of benzene rings is 2. The minimum absolute atomic E-state index is 0.0893. The van der Waals surface area contributed by atoms with Crippen molar-refractivity contribution in [3.8, 4) is 11.4 Å². The van der Waals surface area contributed by atoms with Crippen molar-refractivity contribution in [1.29, 1.82) is 0 Å². The smallest absolute Gasteiger partial charge is 0.167 e. The van der Waals surface area contributed by atoms with Crippen LogP contribution in [0.2, 0.25) is 10.2 Å². The Labute approximate surface area is 129 Å². The molecule has 0 radical (unpaired) electrons. The summed E-state index contributed by atoms with van der Waals surface area (Å²) in [5, 5.41) is 1.10. The lowest BCUT2D eigenvalue weighted by Crippen LogP contribution is -1.99. The Morgan fingerprint density at radius 2 is 1.76 bits per heavy atom. The Morgan fingerprint density at radius 3 is 2.52 bits per heavy atom. The summed E-state index contributed by atoms with van der Waals surface area (Å²) < 4.78 is 28.1. The van der Waals surface area contributed by atoms with Gasteiger partial charge in [0, 0.05) is 10.4 Å². The molecule has 0 saturated carbocycles. The van der Waals surface area contributed by atoms with E-state index in [-0.39, 0.29) is 16.5 Å². The Hall–Kier alpha value is -1.78. The van der Waals surface area contributed by atoms with Crippen LogP contribution in [-0.4, -0.2) is 9.97 Å². The maximum absolute atomic E-state index is 14.2. The van der Waals surface area contributed by atoms with E-state index < -0.39 is 11.6 Å². The molecular weight excluding hydrogens is 317 g/mol. The van der Waals surface area contributed by atoms with Gasteiger partial charge >= 0.3 is 0 Å². The predicted molar refractivity (Wildman–Crippen MR) is 79.6 cm³/mol. The first-order valence-electron chi connectivity index (χ1n) is 6.05. The Bertz CT molecular complexity index is 866. The number of nitrogens with zero attached hydrogens (tertiary/aromatic N) is 2. The molecule has 2 aromatic carbocycles. The third-order valence-corrected chi connectivity index (χ3v) is 3.64. The van der Waals surface area contributed by atoms with Crippen LogP contribution in [0.4, 0.5) is 8.78 Å². The fourth-order valence-electron chi connectivity index (χ4n) is 2.04. The van der Waals surface area contributed by atoms with Gasteiger partial charge in [-0.15, -0.1) is 0 Å². The van der Waals surface area contributed by atoms with E-state index >= 15 is 0 Å². The Kier molecular flexibility index (Phi) is 3.51. The van der Waals surface area contributed by atoms with Crippen molar-refractivity contribution in [3.05, 3.63) is 57.7 Å². The third-order valence-electron chi connectivity index (χ3n) is 3.12. The van der Waals surface area contributed by atoms with Gasteiger partial charge in [0.1, 0.15) is 16.8 Å². The third kappa shape index (κ3) is 2.45. The maximum Gasteiger partial charge on any atom is 0.167 e. The van der Waals surface area contributed by atoms with Crippen molar-refractivity contribution < 1.29 is 8.78 Å². The number of rotatable bonds is 1. The van der Waals surface area contributed by atoms with Gasteiger partial charge in [0.25, 0.3) is 0 Å². The van der Waals surface area contributed by atoms with Crippen molar-refractivity contribution in [2.75, 3.05) is 0 Å². The molecule has 0 aliphatic carbocycles. The van der Waals surface area contributed by atoms with Crippen LogP contribution in [0.25, 0.3) is 22.3 Å². The second-order valence-electron chi connectivity index (χ2n) is 4.55. The number of aromatic nitrogens is 2. The fraction of sp³-hybridized carbons (Fsp3) is 0.0667. The zero-order valence-electron chi connectivity index (χ0n) is 10.8. The molecule has 0 unspecified atom stereocenters. The topological polar surface area (TPSA) is 25.8 Å². The summed E-state index contributed by atoms with van der Waals surface area (Å²) in [6.07, 6.45) is 0. The second-order valence-corrected chi connectivity index (χ2v) is 5.35. The van der Waals surface area contributed by atoms with Crippen molar-refractivity contribution >= 4 is 34.1 Å². The van der Waals surface area contributed by atoms with Crippen LogP contribution in [0.15, 0.2) is 30.3 Å². The van der Waals surface area contributed by atoms with Gasteiger partial charge in [-0.25, -0.2) is 18.7 Å². The molecule has 2 nitrogen and oxygen atoms in total. The first-order valence-corrected chi connectivity index (χ1v) is 6.81. The molecule has 0 N–H and O–H groups in total. The molecule has 0 amide bonds. The standard InChI is InChI=1S/C15H8Cl2F2N2/c1-7-2-4-10(18)12(13(7)19)15-20-11-5-3-8(16)6-9(11)14(17)21-15/h2-6H,1H3. The summed E-state index contributed by atoms with van der Waals surface area (Å²) in [6, 6.07) is 7.39. The predicted octanol–water partition coefficient (Wildman–Crippen LogP) is 5.19. The normalized spacial score (nSPS) is 11.1. The van der Waals surface area contributed by atoms with Crippen LogP contribution in [0, 0.1) is 18.6 Å². The molecule has 1 heterocycles. The Morgan fingerprint density at radius 1 is 1.00 bits per heavy atom. The number of halogens is 4. The minimum Gasteiger partial charge on any atom is -0.228 e. The number of hydrogen-bond donors (Lipinski definition) is 0. The van der Waals surface area contributed by atoms with Crippen molar-refractivity contribution in [2.45, 2.75) is 6.92 Å². The first-order chi connectivity index (χ1) is 9.97. The molecule has 0 aliphatic rings. The monoisotopic (exact) mass is 324 g/mol. The molecule has 6 heteroatoms. The van der Waals surface area contributed by atoms with Crippen LogP contribution in [0.1, 0.15) is 5.56 Å². The molecule has 0 bridgehead atoms. The van der Waals surface area contributed by atoms with Gasteiger partial charge in [-0.2, -0.15) is 0 Å². The van der Waals surface area contributed by atoms with Crippen LogP contribution < -0.4 is 0 Å². The second kappa shape index (κ2) is 5.20. The van der Waals surface area contributed by atoms with Gasteiger partial charge in [0.05, 0.1) is 11.1 Å². The van der Waals surface area contributed by atoms with E-state index in [1.165, 1.54) is 12.1 Å². The number of hydrogen-bond acceptors (Lipinski definition) is 2. The molecule has 3 aromatic rings. The SMILES string of the molecule is Cc1ccc(F)c(-c2nc(Cl)c3cc(Cl)ccc3n2)c1F. The summed E-state index contributed by atoms with van der Waals surface area (Å²) in [5.41, 5.74) is 0.491. The fourth-order valence-corrected chi connectivity index (χ4v) is 2.44. The van der Waals surface area contributed by atoms with E-state index in [0.717, 1.165) is 0 Å². The molecule has 106 valence electrons. The van der Waals surface area contributed by atoms with E-state index in [9.17, 15) is 8.78 Å². The van der Waals surface area contributed by atoms with Crippen LogP contribution in [-0.2, 0) is 0 Å². The molecule has 0 atom stereocenters. The first kappa shape index (κ1) is 14.2. The highest BCUT2D eigenvalue weighted by Gasteiger charge is 2.18. The number of fused-ring (bicyclic) bond motifs is 1. The van der Waals surface area contributed by atoms with Gasteiger partial charge in [0.15, 0.2) is 5.82 Å². The van der Waals surface area contributed by atoms with E-state index in [1.54, 1.807) is 25.1 Å². The number of aryl methyl sites for hydroxylation is 1. The molecule has 21 heavy (non-hydrogen) atoms. The molecule has 3 rings (SSSR count). The zero-order chi connectivity index (χ0) is 15.1. The summed E-state index contributed by atoms with van der Waals surface area (Å²) in [7, 11) is 0. The summed E-state index contributed by atoms with van der Waals surface area (Å²) in [6.45, 7) is 1.54. The quantitative estimate of drug-likeness (QED) is 0.575.